The standard InChI is InChI=1S/C27H29N3O5S/c1-4-34-26(32)23-17(2)28-27-30(24(23)18-8-10-19(33-3)11-9-18)25(31)21(36-27)16-20-12-13-22(35-20)29-14-6-5-7-15-29/h8-13,16,24H,4-7,14-15H2,1-3H3/b21-16-/t24-/m0/s1. The first-order valence-electron chi connectivity index (χ1n) is 12.2. The van der Waals surface area contributed by atoms with Crippen molar-refractivity contribution in [2.45, 2.75) is 39.2 Å². The van der Waals surface area contributed by atoms with E-state index in [2.05, 4.69) is 9.89 Å². The van der Waals surface area contributed by atoms with Gasteiger partial charge in [0.25, 0.3) is 5.56 Å². The lowest BCUT2D eigenvalue weighted by Crippen LogP contribution is -2.39. The summed E-state index contributed by atoms with van der Waals surface area (Å²) < 4.78 is 18.8. The molecule has 1 aromatic carbocycles. The van der Waals surface area contributed by atoms with Crippen LogP contribution < -0.4 is 24.5 Å². The maximum atomic E-state index is 13.7. The van der Waals surface area contributed by atoms with Crippen LogP contribution in [0.3, 0.4) is 0 Å². The molecule has 0 aliphatic carbocycles. The van der Waals surface area contributed by atoms with E-state index in [9.17, 15) is 9.59 Å². The largest absolute Gasteiger partial charge is 0.497 e. The first-order chi connectivity index (χ1) is 17.5. The molecule has 2 aromatic heterocycles. The van der Waals surface area contributed by atoms with Crippen LogP contribution in [0.5, 0.6) is 5.75 Å². The molecule has 0 bridgehead atoms. The molecule has 0 saturated carbocycles. The predicted octanol–water partition coefficient (Wildman–Crippen LogP) is 3.39. The van der Waals surface area contributed by atoms with Crippen LogP contribution in [0.1, 0.15) is 50.5 Å². The number of carbonyl (C=O) groups is 1. The number of piperidine rings is 1. The topological polar surface area (TPSA) is 86.3 Å². The number of aromatic nitrogens is 1. The lowest BCUT2D eigenvalue weighted by molar-refractivity contribution is -0.139. The predicted molar refractivity (Wildman–Crippen MR) is 138 cm³/mol. The minimum Gasteiger partial charge on any atom is -0.497 e. The van der Waals surface area contributed by atoms with Crippen molar-refractivity contribution in [3.05, 3.63) is 78.7 Å². The summed E-state index contributed by atoms with van der Waals surface area (Å²) in [5, 5.41) is 0. The van der Waals surface area contributed by atoms with Crippen molar-refractivity contribution < 1.29 is 18.7 Å². The van der Waals surface area contributed by atoms with Crippen LogP contribution in [-0.4, -0.2) is 37.3 Å². The van der Waals surface area contributed by atoms with E-state index in [1.165, 1.54) is 17.8 Å². The van der Waals surface area contributed by atoms with Crippen molar-refractivity contribution in [3.8, 4) is 5.75 Å². The van der Waals surface area contributed by atoms with E-state index >= 15 is 0 Å². The Morgan fingerprint density at radius 2 is 1.92 bits per heavy atom. The van der Waals surface area contributed by atoms with Gasteiger partial charge in [-0.15, -0.1) is 0 Å². The Morgan fingerprint density at radius 1 is 1.17 bits per heavy atom. The van der Waals surface area contributed by atoms with Crippen LogP contribution in [0.2, 0.25) is 0 Å². The van der Waals surface area contributed by atoms with Gasteiger partial charge in [-0.3, -0.25) is 9.36 Å². The molecule has 8 nitrogen and oxygen atoms in total. The summed E-state index contributed by atoms with van der Waals surface area (Å²) in [7, 11) is 1.59. The van der Waals surface area contributed by atoms with Gasteiger partial charge in [-0.1, -0.05) is 23.5 Å². The van der Waals surface area contributed by atoms with Gasteiger partial charge in [-0.25, -0.2) is 9.79 Å². The molecular formula is C27H29N3O5S. The summed E-state index contributed by atoms with van der Waals surface area (Å²) in [6, 6.07) is 10.5. The Balaban J connectivity index is 1.60. The number of benzene rings is 1. The molecule has 0 amide bonds. The Morgan fingerprint density at radius 3 is 2.61 bits per heavy atom. The second-order valence-corrected chi connectivity index (χ2v) is 9.81. The highest BCUT2D eigenvalue weighted by molar-refractivity contribution is 7.07. The average molecular weight is 508 g/mol. The van der Waals surface area contributed by atoms with Crippen molar-refractivity contribution >= 4 is 29.3 Å². The molecule has 1 saturated heterocycles. The minimum absolute atomic E-state index is 0.229. The third kappa shape index (κ3) is 4.51. The van der Waals surface area contributed by atoms with Crippen molar-refractivity contribution in [1.82, 2.24) is 4.57 Å². The lowest BCUT2D eigenvalue weighted by Gasteiger charge is -2.25. The van der Waals surface area contributed by atoms with Crippen molar-refractivity contribution in [3.63, 3.8) is 0 Å². The fourth-order valence-electron chi connectivity index (χ4n) is 4.73. The molecule has 0 N–H and O–H groups in total. The minimum atomic E-state index is -0.658. The second kappa shape index (κ2) is 10.2. The highest BCUT2D eigenvalue weighted by Gasteiger charge is 2.33. The average Bonchev–Trinajstić information content (AvgIpc) is 3.48. The van der Waals surface area contributed by atoms with Gasteiger partial charge in [-0.05, 0) is 56.9 Å². The second-order valence-electron chi connectivity index (χ2n) is 8.80. The molecule has 1 atom stereocenters. The van der Waals surface area contributed by atoms with Crippen LogP contribution in [0.4, 0.5) is 5.88 Å². The van der Waals surface area contributed by atoms with Gasteiger partial charge in [0.15, 0.2) is 10.7 Å². The summed E-state index contributed by atoms with van der Waals surface area (Å²) in [5.74, 6) is 1.64. The number of carbonyl (C=O) groups excluding carboxylic acids is 1. The van der Waals surface area contributed by atoms with E-state index in [0.29, 0.717) is 32.1 Å². The van der Waals surface area contributed by atoms with Crippen molar-refractivity contribution in [2.75, 3.05) is 31.7 Å². The van der Waals surface area contributed by atoms with Gasteiger partial charge in [0, 0.05) is 25.2 Å². The van der Waals surface area contributed by atoms with E-state index in [1.807, 2.05) is 36.4 Å². The molecule has 2 aliphatic heterocycles. The molecular weight excluding hydrogens is 478 g/mol. The summed E-state index contributed by atoms with van der Waals surface area (Å²) in [6.07, 6.45) is 5.31. The number of furan rings is 1. The highest BCUT2D eigenvalue weighted by Crippen LogP contribution is 2.31. The lowest BCUT2D eigenvalue weighted by atomic mass is 9.96. The summed E-state index contributed by atoms with van der Waals surface area (Å²) in [4.78, 5) is 34.1. The number of allylic oxidation sites excluding steroid dienone is 1. The number of esters is 1. The molecule has 0 unspecified atom stereocenters. The molecule has 5 rings (SSSR count). The maximum Gasteiger partial charge on any atom is 0.338 e. The number of methoxy groups -OCH3 is 1. The van der Waals surface area contributed by atoms with E-state index < -0.39 is 12.0 Å². The number of rotatable bonds is 6. The third-order valence-corrected chi connectivity index (χ3v) is 7.49. The Bertz CT molecular complexity index is 1470. The number of nitrogens with zero attached hydrogens (tertiary/aromatic N) is 3. The molecule has 0 spiro atoms. The zero-order valence-electron chi connectivity index (χ0n) is 20.7. The Labute approximate surface area is 212 Å². The molecule has 188 valence electrons. The first-order valence-corrected chi connectivity index (χ1v) is 13.0. The number of hydrogen-bond donors (Lipinski definition) is 0. The Kier molecular flexibility index (Phi) is 6.82. The van der Waals surface area contributed by atoms with Crippen LogP contribution in [-0.2, 0) is 9.53 Å². The molecule has 3 aromatic rings. The summed E-state index contributed by atoms with van der Waals surface area (Å²) in [5.41, 5.74) is 1.43. The van der Waals surface area contributed by atoms with Crippen LogP contribution in [0.25, 0.3) is 6.08 Å². The van der Waals surface area contributed by atoms with Crippen LogP contribution in [0, 0.1) is 0 Å². The summed E-state index contributed by atoms with van der Waals surface area (Å²) >= 11 is 1.28. The number of hydrogen-bond acceptors (Lipinski definition) is 8. The molecule has 0 radical (unpaired) electrons. The SMILES string of the molecule is CCOC(=O)C1=C(C)N=c2s/c(=C\c3ccc(N4CCCCC4)o3)c(=O)n2[C@H]1c1ccc(OC)cc1. The normalized spacial score (nSPS) is 18.1. The molecule has 4 heterocycles. The van der Waals surface area contributed by atoms with Gasteiger partial charge in [0.05, 0.1) is 35.6 Å². The molecule has 2 aliphatic rings. The van der Waals surface area contributed by atoms with Gasteiger partial charge < -0.3 is 18.8 Å². The van der Waals surface area contributed by atoms with E-state index in [-0.39, 0.29) is 12.2 Å². The van der Waals surface area contributed by atoms with Crippen LogP contribution >= 0.6 is 11.3 Å². The zero-order chi connectivity index (χ0) is 25.2. The number of ether oxygens (including phenoxy) is 2. The quantitative estimate of drug-likeness (QED) is 0.476. The third-order valence-electron chi connectivity index (χ3n) is 6.50. The molecule has 9 heteroatoms. The van der Waals surface area contributed by atoms with Gasteiger partial charge in [0.1, 0.15) is 11.5 Å². The molecule has 36 heavy (non-hydrogen) atoms. The van der Waals surface area contributed by atoms with Gasteiger partial charge >= 0.3 is 5.97 Å². The fourth-order valence-corrected chi connectivity index (χ4v) is 5.75. The number of fused-ring (bicyclic) bond motifs is 1. The van der Waals surface area contributed by atoms with Crippen molar-refractivity contribution in [1.29, 1.82) is 0 Å². The van der Waals surface area contributed by atoms with Gasteiger partial charge in [-0.2, -0.15) is 0 Å². The first kappa shape index (κ1) is 24.1. The van der Waals surface area contributed by atoms with E-state index in [1.54, 1.807) is 31.6 Å². The van der Waals surface area contributed by atoms with E-state index in [4.69, 9.17) is 13.9 Å². The van der Waals surface area contributed by atoms with E-state index in [0.717, 1.165) is 37.4 Å². The Hall–Kier alpha value is -3.59. The summed E-state index contributed by atoms with van der Waals surface area (Å²) in [6.45, 7) is 5.72. The van der Waals surface area contributed by atoms with Crippen LogP contribution in [0.15, 0.2) is 61.9 Å². The number of anilines is 1. The fraction of sp³-hybridized carbons (Fsp3) is 0.370. The number of thiazole rings is 1. The monoisotopic (exact) mass is 507 g/mol. The van der Waals surface area contributed by atoms with Gasteiger partial charge in [0.2, 0.25) is 0 Å². The smallest absolute Gasteiger partial charge is 0.338 e. The maximum absolute atomic E-state index is 13.7. The highest BCUT2D eigenvalue weighted by atomic mass is 32.1. The zero-order valence-corrected chi connectivity index (χ0v) is 21.5. The van der Waals surface area contributed by atoms with Crippen molar-refractivity contribution in [2.24, 2.45) is 4.99 Å². The molecule has 1 fully saturated rings.